The van der Waals surface area contributed by atoms with E-state index in [1.54, 1.807) is 0 Å². The standard InChI is InChI=1S/C13H23N3/c1-10-8-12(16(2)15-10)9-13(14)11-6-4-3-5-7-11/h8,11,13H,3-7,9,14H2,1-2H3. The van der Waals surface area contributed by atoms with Crippen LogP contribution >= 0.6 is 0 Å². The summed E-state index contributed by atoms with van der Waals surface area (Å²) in [7, 11) is 2.01. The zero-order valence-electron chi connectivity index (χ0n) is 10.4. The van der Waals surface area contributed by atoms with Gasteiger partial charge in [-0.15, -0.1) is 0 Å². The van der Waals surface area contributed by atoms with Crippen molar-refractivity contribution >= 4 is 0 Å². The van der Waals surface area contributed by atoms with Crippen molar-refractivity contribution in [1.29, 1.82) is 0 Å². The highest BCUT2D eigenvalue weighted by Crippen LogP contribution is 2.27. The van der Waals surface area contributed by atoms with E-state index in [9.17, 15) is 0 Å². The summed E-state index contributed by atoms with van der Waals surface area (Å²) in [5.41, 5.74) is 8.68. The number of rotatable bonds is 3. The summed E-state index contributed by atoms with van der Waals surface area (Å²) < 4.78 is 1.97. The number of nitrogens with two attached hydrogens (primary N) is 1. The lowest BCUT2D eigenvalue weighted by Crippen LogP contribution is -2.34. The fourth-order valence-electron chi connectivity index (χ4n) is 2.83. The third kappa shape index (κ3) is 2.64. The predicted octanol–water partition coefficient (Wildman–Crippen LogP) is 2.18. The molecule has 0 spiro atoms. The van der Waals surface area contributed by atoms with E-state index in [1.165, 1.54) is 37.8 Å². The quantitative estimate of drug-likeness (QED) is 0.850. The third-order valence-corrected chi connectivity index (χ3v) is 3.80. The maximum atomic E-state index is 6.32. The monoisotopic (exact) mass is 221 g/mol. The predicted molar refractivity (Wildman–Crippen MR) is 66.2 cm³/mol. The molecule has 2 N–H and O–H groups in total. The van der Waals surface area contributed by atoms with Crippen molar-refractivity contribution in [2.45, 2.75) is 51.5 Å². The van der Waals surface area contributed by atoms with Gasteiger partial charge in [0.15, 0.2) is 0 Å². The minimum Gasteiger partial charge on any atom is -0.327 e. The molecule has 1 aliphatic carbocycles. The van der Waals surface area contributed by atoms with Gasteiger partial charge in [-0.2, -0.15) is 5.10 Å². The largest absolute Gasteiger partial charge is 0.327 e. The molecule has 3 nitrogen and oxygen atoms in total. The highest BCUT2D eigenvalue weighted by Gasteiger charge is 2.21. The lowest BCUT2D eigenvalue weighted by Gasteiger charge is -2.27. The van der Waals surface area contributed by atoms with Gasteiger partial charge in [0, 0.05) is 25.2 Å². The van der Waals surface area contributed by atoms with Crippen LogP contribution in [0.2, 0.25) is 0 Å². The fraction of sp³-hybridized carbons (Fsp3) is 0.769. The molecule has 1 fully saturated rings. The summed E-state index contributed by atoms with van der Waals surface area (Å²) in [6, 6.07) is 2.47. The van der Waals surface area contributed by atoms with Gasteiger partial charge in [-0.1, -0.05) is 19.3 Å². The van der Waals surface area contributed by atoms with Gasteiger partial charge in [0.1, 0.15) is 0 Å². The van der Waals surface area contributed by atoms with E-state index >= 15 is 0 Å². The molecule has 1 heterocycles. The lowest BCUT2D eigenvalue weighted by molar-refractivity contribution is 0.301. The molecule has 0 saturated heterocycles. The molecule has 1 unspecified atom stereocenters. The van der Waals surface area contributed by atoms with Crippen molar-refractivity contribution in [2.75, 3.05) is 0 Å². The molecule has 90 valence electrons. The molecule has 0 radical (unpaired) electrons. The zero-order chi connectivity index (χ0) is 11.5. The second-order valence-corrected chi connectivity index (χ2v) is 5.17. The number of hydrogen-bond acceptors (Lipinski definition) is 2. The molecule has 2 rings (SSSR count). The average molecular weight is 221 g/mol. The summed E-state index contributed by atoms with van der Waals surface area (Å²) >= 11 is 0. The SMILES string of the molecule is Cc1cc(CC(N)C2CCCCC2)n(C)n1. The fourth-order valence-corrected chi connectivity index (χ4v) is 2.83. The molecule has 0 aliphatic heterocycles. The maximum Gasteiger partial charge on any atom is 0.0596 e. The molecule has 16 heavy (non-hydrogen) atoms. The molecule has 0 amide bonds. The van der Waals surface area contributed by atoms with Crippen LogP contribution in [-0.2, 0) is 13.5 Å². The highest BCUT2D eigenvalue weighted by molar-refractivity contribution is 5.10. The second-order valence-electron chi connectivity index (χ2n) is 5.17. The van der Waals surface area contributed by atoms with E-state index in [2.05, 4.69) is 11.2 Å². The number of aromatic nitrogens is 2. The molecular weight excluding hydrogens is 198 g/mol. The third-order valence-electron chi connectivity index (χ3n) is 3.80. The van der Waals surface area contributed by atoms with Gasteiger partial charge in [0.05, 0.1) is 5.69 Å². The maximum absolute atomic E-state index is 6.32. The molecule has 3 heteroatoms. The first-order chi connectivity index (χ1) is 7.66. The van der Waals surface area contributed by atoms with E-state index in [-0.39, 0.29) is 0 Å². The summed E-state index contributed by atoms with van der Waals surface area (Å²) in [6.45, 7) is 2.04. The summed E-state index contributed by atoms with van der Waals surface area (Å²) in [6.07, 6.45) is 7.73. The molecule has 0 bridgehead atoms. The van der Waals surface area contributed by atoms with Crippen molar-refractivity contribution < 1.29 is 0 Å². The number of nitrogens with zero attached hydrogens (tertiary/aromatic N) is 2. The van der Waals surface area contributed by atoms with E-state index in [0.29, 0.717) is 6.04 Å². The average Bonchev–Trinajstić information content (AvgIpc) is 2.59. The van der Waals surface area contributed by atoms with Gasteiger partial charge in [0.2, 0.25) is 0 Å². The van der Waals surface area contributed by atoms with Crippen molar-refractivity contribution in [2.24, 2.45) is 18.7 Å². The zero-order valence-corrected chi connectivity index (χ0v) is 10.4. The Morgan fingerprint density at radius 2 is 2.12 bits per heavy atom. The van der Waals surface area contributed by atoms with E-state index in [0.717, 1.165) is 18.0 Å². The Balaban J connectivity index is 1.95. The Hall–Kier alpha value is -0.830. The second kappa shape index (κ2) is 5.00. The normalized spacial score (nSPS) is 19.9. The smallest absolute Gasteiger partial charge is 0.0596 e. The number of aryl methyl sites for hydroxylation is 2. The minimum absolute atomic E-state index is 0.315. The van der Waals surface area contributed by atoms with Gasteiger partial charge < -0.3 is 5.73 Å². The Labute approximate surface area is 98.0 Å². The molecule has 1 aliphatic rings. The van der Waals surface area contributed by atoms with Gasteiger partial charge in [-0.25, -0.2) is 0 Å². The Kier molecular flexibility index (Phi) is 3.64. The van der Waals surface area contributed by atoms with Crippen molar-refractivity contribution in [1.82, 2.24) is 9.78 Å². The van der Waals surface area contributed by atoms with Crippen molar-refractivity contribution in [3.8, 4) is 0 Å². The Morgan fingerprint density at radius 1 is 1.44 bits per heavy atom. The Morgan fingerprint density at radius 3 is 2.69 bits per heavy atom. The van der Waals surface area contributed by atoms with Crippen molar-refractivity contribution in [3.63, 3.8) is 0 Å². The van der Waals surface area contributed by atoms with Crippen LogP contribution in [0.4, 0.5) is 0 Å². The molecule has 1 aromatic heterocycles. The highest BCUT2D eigenvalue weighted by atomic mass is 15.3. The van der Waals surface area contributed by atoms with E-state index in [4.69, 9.17) is 5.73 Å². The first-order valence-electron chi connectivity index (χ1n) is 6.42. The Bertz CT molecular complexity index is 337. The minimum atomic E-state index is 0.315. The van der Waals surface area contributed by atoms with Crippen LogP contribution in [-0.4, -0.2) is 15.8 Å². The molecule has 1 aromatic rings. The molecular formula is C13H23N3. The van der Waals surface area contributed by atoms with Gasteiger partial charge in [-0.3, -0.25) is 4.68 Å². The summed E-state index contributed by atoms with van der Waals surface area (Å²) in [4.78, 5) is 0. The molecule has 1 saturated carbocycles. The molecule has 1 atom stereocenters. The molecule has 0 aromatic carbocycles. The van der Waals surface area contributed by atoms with Crippen LogP contribution in [0.25, 0.3) is 0 Å². The van der Waals surface area contributed by atoms with Crippen LogP contribution < -0.4 is 5.73 Å². The van der Waals surface area contributed by atoms with Crippen LogP contribution in [0.3, 0.4) is 0 Å². The van der Waals surface area contributed by atoms with Gasteiger partial charge in [-0.05, 0) is 31.7 Å². The first-order valence-corrected chi connectivity index (χ1v) is 6.42. The summed E-state index contributed by atoms with van der Waals surface area (Å²) in [5.74, 6) is 0.726. The van der Waals surface area contributed by atoms with Crippen LogP contribution in [0.5, 0.6) is 0 Å². The van der Waals surface area contributed by atoms with E-state index in [1.807, 2.05) is 18.7 Å². The van der Waals surface area contributed by atoms with Gasteiger partial charge in [0.25, 0.3) is 0 Å². The van der Waals surface area contributed by atoms with E-state index < -0.39 is 0 Å². The van der Waals surface area contributed by atoms with Crippen LogP contribution in [0.1, 0.15) is 43.5 Å². The van der Waals surface area contributed by atoms with Crippen LogP contribution in [0.15, 0.2) is 6.07 Å². The first kappa shape index (κ1) is 11.6. The number of hydrogen-bond donors (Lipinski definition) is 1. The lowest BCUT2D eigenvalue weighted by atomic mass is 9.82. The van der Waals surface area contributed by atoms with Gasteiger partial charge >= 0.3 is 0 Å². The topological polar surface area (TPSA) is 43.8 Å². The summed E-state index contributed by atoms with van der Waals surface area (Å²) in [5, 5.41) is 4.37. The van der Waals surface area contributed by atoms with Crippen LogP contribution in [0, 0.1) is 12.8 Å². The van der Waals surface area contributed by atoms with Crippen molar-refractivity contribution in [3.05, 3.63) is 17.5 Å².